The number of pyridine rings is 1. The van der Waals surface area contributed by atoms with Crippen molar-refractivity contribution < 1.29 is 9.53 Å². The number of para-hydroxylation sites is 2. The maximum atomic E-state index is 12.0. The summed E-state index contributed by atoms with van der Waals surface area (Å²) in [6.45, 7) is 3.86. The number of amides is 1. The molecule has 0 radical (unpaired) electrons. The Bertz CT molecular complexity index is 1120. The van der Waals surface area contributed by atoms with Gasteiger partial charge in [-0.15, -0.1) is 0 Å². The first-order chi connectivity index (χ1) is 15.3. The average Bonchev–Trinajstić information content (AvgIpc) is 3.26. The van der Waals surface area contributed by atoms with Crippen LogP contribution in [0.2, 0.25) is 0 Å². The van der Waals surface area contributed by atoms with E-state index in [1.54, 1.807) is 12.4 Å². The number of ether oxygens (including phenoxy) is 1. The van der Waals surface area contributed by atoms with Crippen LogP contribution in [-0.2, 0) is 11.2 Å². The molecular formula is C23H24N6O2. The molecule has 5 rings (SSSR count). The lowest BCUT2D eigenvalue weighted by atomic mass is 10.1. The van der Waals surface area contributed by atoms with E-state index in [-0.39, 0.29) is 5.91 Å². The largest absolute Gasteiger partial charge is 0.378 e. The zero-order valence-electron chi connectivity index (χ0n) is 17.1. The van der Waals surface area contributed by atoms with Gasteiger partial charge >= 0.3 is 0 Å². The van der Waals surface area contributed by atoms with Crippen LogP contribution in [0.25, 0.3) is 11.3 Å². The highest BCUT2D eigenvalue weighted by molar-refractivity contribution is 5.97. The minimum Gasteiger partial charge on any atom is -0.378 e. The number of H-pyrrole nitrogens is 1. The van der Waals surface area contributed by atoms with Crippen molar-refractivity contribution in [3.63, 3.8) is 0 Å². The van der Waals surface area contributed by atoms with Gasteiger partial charge in [-0.2, -0.15) is 5.10 Å². The van der Waals surface area contributed by atoms with Gasteiger partial charge < -0.3 is 19.9 Å². The highest BCUT2D eigenvalue weighted by Crippen LogP contribution is 2.27. The summed E-state index contributed by atoms with van der Waals surface area (Å²) in [7, 11) is 0. The van der Waals surface area contributed by atoms with Gasteiger partial charge in [0.25, 0.3) is 5.91 Å². The second kappa shape index (κ2) is 8.61. The van der Waals surface area contributed by atoms with Gasteiger partial charge in [0.15, 0.2) is 0 Å². The quantitative estimate of drug-likeness (QED) is 0.439. The first-order valence-corrected chi connectivity index (χ1v) is 10.5. The van der Waals surface area contributed by atoms with E-state index < -0.39 is 0 Å². The number of aromatic amines is 1. The molecule has 1 saturated heterocycles. The molecule has 2 aromatic heterocycles. The van der Waals surface area contributed by atoms with Crippen LogP contribution in [0.15, 0.2) is 53.8 Å². The smallest absolute Gasteiger partial charge is 0.253 e. The Labute approximate surface area is 180 Å². The summed E-state index contributed by atoms with van der Waals surface area (Å²) in [4.78, 5) is 22.1. The third-order valence-electron chi connectivity index (χ3n) is 5.53. The third-order valence-corrected chi connectivity index (χ3v) is 5.53. The van der Waals surface area contributed by atoms with Crippen molar-refractivity contribution in [1.82, 2.24) is 15.3 Å². The Morgan fingerprint density at radius 1 is 1.16 bits per heavy atom. The SMILES string of the molecule is O=C1NCCc2[nH]c(-c3ccnc(C=NNc4ccccc4N4CCOCC4)c3)cc21. The number of benzene rings is 1. The molecule has 4 heterocycles. The maximum absolute atomic E-state index is 12.0. The fourth-order valence-corrected chi connectivity index (χ4v) is 3.95. The second-order valence-corrected chi connectivity index (χ2v) is 7.54. The van der Waals surface area contributed by atoms with Crippen molar-refractivity contribution in [3.8, 4) is 11.3 Å². The van der Waals surface area contributed by atoms with Gasteiger partial charge in [-0.25, -0.2) is 0 Å². The van der Waals surface area contributed by atoms with E-state index in [1.807, 2.05) is 36.4 Å². The number of morpholine rings is 1. The molecule has 158 valence electrons. The molecular weight excluding hydrogens is 392 g/mol. The predicted octanol–water partition coefficient (Wildman–Crippen LogP) is 2.65. The number of hydrazone groups is 1. The molecule has 0 spiro atoms. The molecule has 1 aromatic carbocycles. The van der Waals surface area contributed by atoms with Gasteiger partial charge in [0.2, 0.25) is 0 Å². The number of hydrogen-bond donors (Lipinski definition) is 3. The maximum Gasteiger partial charge on any atom is 0.253 e. The lowest BCUT2D eigenvalue weighted by Gasteiger charge is -2.30. The first kappa shape index (κ1) is 19.3. The third kappa shape index (κ3) is 4.15. The fraction of sp³-hybridized carbons (Fsp3) is 0.261. The van der Waals surface area contributed by atoms with Crippen LogP contribution in [0.4, 0.5) is 11.4 Å². The molecule has 2 aliphatic rings. The number of carbonyl (C=O) groups excluding carboxylic acids is 1. The molecule has 0 unspecified atom stereocenters. The molecule has 1 fully saturated rings. The van der Waals surface area contributed by atoms with E-state index in [2.05, 4.69) is 36.8 Å². The first-order valence-electron chi connectivity index (χ1n) is 10.5. The number of hydrogen-bond acceptors (Lipinski definition) is 6. The van der Waals surface area contributed by atoms with E-state index in [9.17, 15) is 4.79 Å². The summed E-state index contributed by atoms with van der Waals surface area (Å²) >= 11 is 0. The Hall–Kier alpha value is -3.65. The van der Waals surface area contributed by atoms with Crippen LogP contribution >= 0.6 is 0 Å². The van der Waals surface area contributed by atoms with Crippen molar-refractivity contribution in [2.24, 2.45) is 5.10 Å². The van der Waals surface area contributed by atoms with Gasteiger partial charge in [0.05, 0.1) is 42.1 Å². The van der Waals surface area contributed by atoms with Gasteiger partial charge in [-0.1, -0.05) is 12.1 Å². The molecule has 0 aliphatic carbocycles. The van der Waals surface area contributed by atoms with Crippen LogP contribution in [0.1, 0.15) is 21.7 Å². The zero-order valence-corrected chi connectivity index (χ0v) is 17.1. The average molecular weight is 416 g/mol. The Morgan fingerprint density at radius 2 is 2.03 bits per heavy atom. The lowest BCUT2D eigenvalue weighted by molar-refractivity contribution is 0.0946. The summed E-state index contributed by atoms with van der Waals surface area (Å²) < 4.78 is 5.46. The molecule has 0 atom stereocenters. The van der Waals surface area contributed by atoms with Crippen LogP contribution in [0.3, 0.4) is 0 Å². The number of anilines is 2. The molecule has 0 saturated carbocycles. The van der Waals surface area contributed by atoms with E-state index in [1.165, 1.54) is 0 Å². The molecule has 0 bridgehead atoms. The van der Waals surface area contributed by atoms with Crippen molar-refractivity contribution >= 4 is 23.5 Å². The van der Waals surface area contributed by atoms with Crippen LogP contribution in [-0.4, -0.2) is 54.9 Å². The Balaban J connectivity index is 1.32. The molecule has 2 aliphatic heterocycles. The molecule has 1 amide bonds. The monoisotopic (exact) mass is 416 g/mol. The number of aromatic nitrogens is 2. The molecule has 8 nitrogen and oxygen atoms in total. The summed E-state index contributed by atoms with van der Waals surface area (Å²) in [5.74, 6) is -0.0253. The van der Waals surface area contributed by atoms with Crippen LogP contribution in [0.5, 0.6) is 0 Å². The van der Waals surface area contributed by atoms with E-state index in [0.29, 0.717) is 6.54 Å². The van der Waals surface area contributed by atoms with Crippen molar-refractivity contribution in [2.45, 2.75) is 6.42 Å². The molecule has 31 heavy (non-hydrogen) atoms. The topological polar surface area (TPSA) is 94.6 Å². The second-order valence-electron chi connectivity index (χ2n) is 7.54. The van der Waals surface area contributed by atoms with Crippen molar-refractivity contribution in [2.75, 3.05) is 43.2 Å². The minimum atomic E-state index is -0.0253. The fourth-order valence-electron chi connectivity index (χ4n) is 3.95. The van der Waals surface area contributed by atoms with E-state index in [4.69, 9.17) is 4.74 Å². The lowest BCUT2D eigenvalue weighted by Crippen LogP contribution is -2.36. The standard InChI is InChI=1S/C23H24N6O2/c30-23-18-14-21(27-19(18)6-8-25-23)16-5-7-24-17(13-16)15-26-28-20-3-1-2-4-22(20)29-9-11-31-12-10-29/h1-5,7,13-15,27-28H,6,8-12H2,(H,25,30). The summed E-state index contributed by atoms with van der Waals surface area (Å²) in [5, 5.41) is 7.28. The summed E-state index contributed by atoms with van der Waals surface area (Å²) in [6, 6.07) is 13.9. The number of carbonyl (C=O) groups is 1. The normalized spacial score (nSPS) is 16.3. The highest BCUT2D eigenvalue weighted by Gasteiger charge is 2.20. The summed E-state index contributed by atoms with van der Waals surface area (Å²) in [6.07, 6.45) is 4.26. The predicted molar refractivity (Wildman–Crippen MR) is 121 cm³/mol. The summed E-state index contributed by atoms with van der Waals surface area (Å²) in [5.41, 5.74) is 9.50. The van der Waals surface area contributed by atoms with Gasteiger partial charge in [0.1, 0.15) is 0 Å². The van der Waals surface area contributed by atoms with Gasteiger partial charge in [-0.3, -0.25) is 15.2 Å². The van der Waals surface area contributed by atoms with E-state index in [0.717, 1.165) is 72.3 Å². The zero-order chi connectivity index (χ0) is 21.0. The highest BCUT2D eigenvalue weighted by atomic mass is 16.5. The molecule has 3 N–H and O–H groups in total. The van der Waals surface area contributed by atoms with Gasteiger partial charge in [0, 0.05) is 49.2 Å². The van der Waals surface area contributed by atoms with Crippen molar-refractivity contribution in [1.29, 1.82) is 0 Å². The van der Waals surface area contributed by atoms with Crippen LogP contribution < -0.4 is 15.6 Å². The minimum absolute atomic E-state index is 0.0253. The van der Waals surface area contributed by atoms with Crippen molar-refractivity contribution in [3.05, 3.63) is 65.6 Å². The number of nitrogens with zero attached hydrogens (tertiary/aromatic N) is 3. The number of nitrogens with one attached hydrogen (secondary N) is 3. The molecule has 8 heteroatoms. The van der Waals surface area contributed by atoms with Crippen LogP contribution in [0, 0.1) is 0 Å². The number of fused-ring (bicyclic) bond motifs is 1. The van der Waals surface area contributed by atoms with E-state index >= 15 is 0 Å². The van der Waals surface area contributed by atoms with Gasteiger partial charge in [-0.05, 0) is 30.3 Å². The Morgan fingerprint density at radius 3 is 2.90 bits per heavy atom. The molecule has 3 aromatic rings. The Kier molecular flexibility index (Phi) is 5.37. The number of rotatable bonds is 5.